The van der Waals surface area contributed by atoms with E-state index in [1.54, 1.807) is 48.5 Å². The average molecular weight is 368 g/mol. The van der Waals surface area contributed by atoms with Crippen molar-refractivity contribution in [1.29, 1.82) is 0 Å². The number of methoxy groups -OCH3 is 1. The molecule has 27 heavy (non-hydrogen) atoms. The van der Waals surface area contributed by atoms with Gasteiger partial charge in [-0.25, -0.2) is 0 Å². The van der Waals surface area contributed by atoms with E-state index in [9.17, 15) is 14.4 Å². The summed E-state index contributed by atoms with van der Waals surface area (Å²) in [5, 5.41) is 5.70. The summed E-state index contributed by atoms with van der Waals surface area (Å²) in [5.41, 5.74) is 1.13. The molecule has 0 aliphatic heterocycles. The zero-order chi connectivity index (χ0) is 19.5. The third kappa shape index (κ3) is 6.93. The molecule has 0 heterocycles. The van der Waals surface area contributed by atoms with Crippen molar-refractivity contribution in [2.24, 2.45) is 0 Å². The number of benzene rings is 2. The number of carbonyl (C=O) groups excluding carboxylic acids is 3. The second kappa shape index (κ2) is 10.8. The number of ether oxygens (including phenoxy) is 1. The van der Waals surface area contributed by atoms with E-state index >= 15 is 0 Å². The predicted octanol–water partition coefficient (Wildman–Crippen LogP) is 2.56. The molecular weight excluding hydrogens is 344 g/mol. The summed E-state index contributed by atoms with van der Waals surface area (Å²) >= 11 is 0. The molecule has 0 aliphatic carbocycles. The maximum absolute atomic E-state index is 12.3. The maximum atomic E-state index is 12.3. The Morgan fingerprint density at radius 2 is 1.44 bits per heavy atom. The first-order valence-corrected chi connectivity index (χ1v) is 8.86. The Labute approximate surface area is 158 Å². The van der Waals surface area contributed by atoms with Crippen LogP contribution in [0.5, 0.6) is 0 Å². The van der Waals surface area contributed by atoms with Gasteiger partial charge in [0.1, 0.15) is 0 Å². The van der Waals surface area contributed by atoms with Gasteiger partial charge in [-0.15, -0.1) is 0 Å². The summed E-state index contributed by atoms with van der Waals surface area (Å²) < 4.78 is 4.71. The van der Waals surface area contributed by atoms with E-state index in [-0.39, 0.29) is 30.2 Å². The van der Waals surface area contributed by atoms with Crippen molar-refractivity contribution in [1.82, 2.24) is 10.6 Å². The van der Waals surface area contributed by atoms with Gasteiger partial charge in [0, 0.05) is 23.7 Å². The Hall–Kier alpha value is -3.15. The van der Waals surface area contributed by atoms with Gasteiger partial charge in [-0.2, -0.15) is 0 Å². The van der Waals surface area contributed by atoms with Crippen LogP contribution < -0.4 is 10.6 Å². The fourth-order valence-corrected chi connectivity index (χ4v) is 2.61. The standard InChI is InChI=1S/C21H24N2O4/c1-27-19(24)15-18(23-21(26)17-11-6-3-7-12-17)13-8-14-22-20(25)16-9-4-2-5-10-16/h2-7,9-12,18H,8,13-15H2,1H3,(H,22,25)(H,23,26). The van der Waals surface area contributed by atoms with E-state index in [1.165, 1.54) is 7.11 Å². The molecule has 142 valence electrons. The molecule has 2 aromatic rings. The van der Waals surface area contributed by atoms with Crippen molar-refractivity contribution in [3.05, 3.63) is 71.8 Å². The van der Waals surface area contributed by atoms with E-state index in [0.717, 1.165) is 0 Å². The molecule has 6 heteroatoms. The van der Waals surface area contributed by atoms with Gasteiger partial charge in [-0.05, 0) is 37.1 Å². The highest BCUT2D eigenvalue weighted by Gasteiger charge is 2.17. The zero-order valence-electron chi connectivity index (χ0n) is 15.3. The molecule has 0 fully saturated rings. The second-order valence-electron chi connectivity index (χ2n) is 6.08. The first-order valence-electron chi connectivity index (χ1n) is 8.86. The molecule has 2 N–H and O–H groups in total. The third-order valence-corrected chi connectivity index (χ3v) is 4.06. The first-order chi connectivity index (χ1) is 13.1. The van der Waals surface area contributed by atoms with Gasteiger partial charge >= 0.3 is 5.97 Å². The van der Waals surface area contributed by atoms with E-state index < -0.39 is 0 Å². The van der Waals surface area contributed by atoms with Gasteiger partial charge < -0.3 is 15.4 Å². The number of rotatable bonds is 9. The van der Waals surface area contributed by atoms with Gasteiger partial charge in [0.25, 0.3) is 11.8 Å². The van der Waals surface area contributed by atoms with Crippen LogP contribution in [0.4, 0.5) is 0 Å². The number of amides is 2. The van der Waals surface area contributed by atoms with Gasteiger partial charge in [0.15, 0.2) is 0 Å². The number of carbonyl (C=O) groups is 3. The molecule has 2 aromatic carbocycles. The lowest BCUT2D eigenvalue weighted by Gasteiger charge is -2.18. The molecule has 1 unspecified atom stereocenters. The Bertz CT molecular complexity index is 747. The molecule has 0 saturated carbocycles. The highest BCUT2D eigenvalue weighted by atomic mass is 16.5. The van der Waals surface area contributed by atoms with Crippen LogP contribution >= 0.6 is 0 Å². The average Bonchev–Trinajstić information content (AvgIpc) is 2.72. The fourth-order valence-electron chi connectivity index (χ4n) is 2.61. The van der Waals surface area contributed by atoms with E-state index in [0.29, 0.717) is 30.5 Å². The summed E-state index contributed by atoms with van der Waals surface area (Å²) in [5.74, 6) is -0.770. The lowest BCUT2D eigenvalue weighted by molar-refractivity contribution is -0.141. The van der Waals surface area contributed by atoms with Crippen molar-refractivity contribution >= 4 is 17.8 Å². The van der Waals surface area contributed by atoms with Gasteiger partial charge in [0.2, 0.25) is 0 Å². The number of hydrogen-bond donors (Lipinski definition) is 2. The molecule has 0 bridgehead atoms. The molecule has 2 rings (SSSR count). The monoisotopic (exact) mass is 368 g/mol. The fraction of sp³-hybridized carbons (Fsp3) is 0.286. The normalized spacial score (nSPS) is 11.3. The van der Waals surface area contributed by atoms with Crippen molar-refractivity contribution in [3.8, 4) is 0 Å². The van der Waals surface area contributed by atoms with Crippen LogP contribution in [0, 0.1) is 0 Å². The Morgan fingerprint density at radius 3 is 2.00 bits per heavy atom. The first kappa shape index (κ1) is 20.2. The summed E-state index contributed by atoms with van der Waals surface area (Å²) in [6, 6.07) is 17.4. The largest absolute Gasteiger partial charge is 0.469 e. The lowest BCUT2D eigenvalue weighted by atomic mass is 10.1. The summed E-state index contributed by atoms with van der Waals surface area (Å²) in [6.07, 6.45) is 1.25. The van der Waals surface area contributed by atoms with Crippen LogP contribution in [0.2, 0.25) is 0 Å². The van der Waals surface area contributed by atoms with Crippen LogP contribution in [0.3, 0.4) is 0 Å². The van der Waals surface area contributed by atoms with Crippen LogP contribution in [-0.4, -0.2) is 37.5 Å². The molecule has 6 nitrogen and oxygen atoms in total. The smallest absolute Gasteiger partial charge is 0.307 e. The van der Waals surface area contributed by atoms with Crippen molar-refractivity contribution < 1.29 is 19.1 Å². The highest BCUT2D eigenvalue weighted by Crippen LogP contribution is 2.07. The number of nitrogens with one attached hydrogen (secondary N) is 2. The maximum Gasteiger partial charge on any atom is 0.307 e. The molecule has 2 amide bonds. The molecule has 0 aromatic heterocycles. The Kier molecular flexibility index (Phi) is 8.03. The molecule has 0 radical (unpaired) electrons. The quantitative estimate of drug-likeness (QED) is 0.526. The molecule has 0 spiro atoms. The van der Waals surface area contributed by atoms with Gasteiger partial charge in [0.05, 0.1) is 13.5 Å². The van der Waals surface area contributed by atoms with Crippen LogP contribution in [-0.2, 0) is 9.53 Å². The minimum atomic E-state index is -0.387. The molecular formula is C21H24N2O4. The van der Waals surface area contributed by atoms with Crippen molar-refractivity contribution in [3.63, 3.8) is 0 Å². The van der Waals surface area contributed by atoms with Crippen LogP contribution in [0.15, 0.2) is 60.7 Å². The number of hydrogen-bond acceptors (Lipinski definition) is 4. The van der Waals surface area contributed by atoms with Crippen molar-refractivity contribution in [2.75, 3.05) is 13.7 Å². The van der Waals surface area contributed by atoms with Crippen LogP contribution in [0.25, 0.3) is 0 Å². The van der Waals surface area contributed by atoms with Gasteiger partial charge in [-0.1, -0.05) is 36.4 Å². The molecule has 1 atom stereocenters. The summed E-state index contributed by atoms with van der Waals surface area (Å²) in [6.45, 7) is 0.451. The van der Waals surface area contributed by atoms with Gasteiger partial charge in [-0.3, -0.25) is 14.4 Å². The van der Waals surface area contributed by atoms with Crippen LogP contribution in [0.1, 0.15) is 40.0 Å². The highest BCUT2D eigenvalue weighted by molar-refractivity contribution is 5.94. The van der Waals surface area contributed by atoms with E-state index in [1.807, 2.05) is 12.1 Å². The Morgan fingerprint density at radius 1 is 0.889 bits per heavy atom. The van der Waals surface area contributed by atoms with E-state index in [2.05, 4.69) is 10.6 Å². The Balaban J connectivity index is 1.84. The molecule has 0 saturated heterocycles. The van der Waals surface area contributed by atoms with E-state index in [4.69, 9.17) is 4.74 Å². The third-order valence-electron chi connectivity index (χ3n) is 4.06. The second-order valence-corrected chi connectivity index (χ2v) is 6.08. The SMILES string of the molecule is COC(=O)CC(CCCNC(=O)c1ccccc1)NC(=O)c1ccccc1. The number of esters is 1. The topological polar surface area (TPSA) is 84.5 Å². The minimum absolute atomic E-state index is 0.0850. The van der Waals surface area contributed by atoms with Crippen molar-refractivity contribution in [2.45, 2.75) is 25.3 Å². The minimum Gasteiger partial charge on any atom is -0.469 e. The molecule has 0 aliphatic rings. The zero-order valence-corrected chi connectivity index (χ0v) is 15.3. The predicted molar refractivity (Wildman–Crippen MR) is 102 cm³/mol. The summed E-state index contributed by atoms with van der Waals surface area (Å²) in [7, 11) is 1.32. The summed E-state index contributed by atoms with van der Waals surface area (Å²) in [4.78, 5) is 36.0. The lowest BCUT2D eigenvalue weighted by Crippen LogP contribution is -2.37.